The molecule has 4 rings (SSSR count). The Balaban J connectivity index is 1.67. The van der Waals surface area contributed by atoms with E-state index >= 15 is 0 Å². The number of nitrogens with one attached hydrogen (secondary N) is 2. The smallest absolute Gasteiger partial charge is 0.408 e. The Morgan fingerprint density at radius 2 is 2.00 bits per heavy atom. The highest BCUT2D eigenvalue weighted by atomic mass is 32.2. The van der Waals surface area contributed by atoms with Gasteiger partial charge in [-0.2, -0.15) is 4.98 Å². The molecule has 9 nitrogen and oxygen atoms in total. The first kappa shape index (κ1) is 16.1. The van der Waals surface area contributed by atoms with Crippen LogP contribution in [0, 0.1) is 6.92 Å². The van der Waals surface area contributed by atoms with Crippen molar-refractivity contribution in [2.24, 2.45) is 0 Å². The van der Waals surface area contributed by atoms with Crippen molar-refractivity contribution in [3.63, 3.8) is 0 Å². The van der Waals surface area contributed by atoms with E-state index in [4.69, 9.17) is 8.94 Å². The molecular formula is C16H12N4O5S. The molecule has 2 aromatic heterocycles. The van der Waals surface area contributed by atoms with Gasteiger partial charge >= 0.3 is 5.76 Å². The number of fused-ring (bicyclic) bond motifs is 1. The molecule has 2 aromatic carbocycles. The minimum Gasteiger partial charge on any atom is -0.408 e. The number of hydrogen-bond acceptors (Lipinski definition) is 7. The largest absolute Gasteiger partial charge is 0.417 e. The summed E-state index contributed by atoms with van der Waals surface area (Å²) in [6, 6.07) is 10.7. The average molecular weight is 372 g/mol. The lowest BCUT2D eigenvalue weighted by Crippen LogP contribution is -2.12. The van der Waals surface area contributed by atoms with E-state index in [0.717, 1.165) is 0 Å². The van der Waals surface area contributed by atoms with Crippen LogP contribution in [-0.4, -0.2) is 23.5 Å². The lowest BCUT2D eigenvalue weighted by molar-refractivity contribution is 0.425. The molecule has 0 atom stereocenters. The van der Waals surface area contributed by atoms with Crippen LogP contribution in [0.3, 0.4) is 0 Å². The fourth-order valence-corrected chi connectivity index (χ4v) is 3.50. The predicted molar refractivity (Wildman–Crippen MR) is 92.1 cm³/mol. The highest BCUT2D eigenvalue weighted by Crippen LogP contribution is 2.24. The molecule has 2 N–H and O–H groups in total. The number of anilines is 1. The summed E-state index contributed by atoms with van der Waals surface area (Å²) in [6.07, 6.45) is 0. The number of aromatic nitrogens is 3. The second kappa shape index (κ2) is 5.85. The maximum atomic E-state index is 12.6. The standard InChI is InChI=1S/C16H12N4O5S/c1-9-17-15(25-19-9)10-3-2-4-11(7-10)20-26(22,23)12-5-6-13-14(8-12)24-16(21)18-13/h2-8,20H,1H3,(H,18,21). The summed E-state index contributed by atoms with van der Waals surface area (Å²) >= 11 is 0. The molecule has 26 heavy (non-hydrogen) atoms. The normalized spacial score (nSPS) is 11.7. The van der Waals surface area contributed by atoms with Crippen molar-refractivity contribution in [3.05, 3.63) is 58.8 Å². The lowest BCUT2D eigenvalue weighted by atomic mass is 10.2. The monoisotopic (exact) mass is 372 g/mol. The first-order valence-electron chi connectivity index (χ1n) is 7.47. The second-order valence-corrected chi connectivity index (χ2v) is 7.19. The van der Waals surface area contributed by atoms with E-state index in [0.29, 0.717) is 28.5 Å². The average Bonchev–Trinajstić information content (AvgIpc) is 3.18. The fourth-order valence-electron chi connectivity index (χ4n) is 2.44. The van der Waals surface area contributed by atoms with Crippen molar-refractivity contribution in [2.75, 3.05) is 4.72 Å². The van der Waals surface area contributed by atoms with Gasteiger partial charge in [0.25, 0.3) is 15.9 Å². The molecule has 0 bridgehead atoms. The summed E-state index contributed by atoms with van der Waals surface area (Å²) in [4.78, 5) is 17.7. The van der Waals surface area contributed by atoms with E-state index in [2.05, 4.69) is 19.8 Å². The third-order valence-corrected chi connectivity index (χ3v) is 4.97. The van der Waals surface area contributed by atoms with Crippen molar-refractivity contribution in [1.82, 2.24) is 15.1 Å². The Morgan fingerprint density at radius 1 is 1.15 bits per heavy atom. The van der Waals surface area contributed by atoms with Crippen molar-refractivity contribution in [1.29, 1.82) is 0 Å². The highest BCUT2D eigenvalue weighted by molar-refractivity contribution is 7.92. The molecule has 132 valence electrons. The van der Waals surface area contributed by atoms with Crippen LogP contribution < -0.4 is 10.5 Å². The molecule has 0 radical (unpaired) electrons. The zero-order chi connectivity index (χ0) is 18.3. The second-order valence-electron chi connectivity index (χ2n) is 5.51. The number of sulfonamides is 1. The number of aryl methyl sites for hydroxylation is 1. The molecular weight excluding hydrogens is 360 g/mol. The summed E-state index contributed by atoms with van der Waals surface area (Å²) in [7, 11) is -3.88. The van der Waals surface area contributed by atoms with Crippen LogP contribution in [-0.2, 0) is 10.0 Å². The molecule has 0 unspecified atom stereocenters. The quantitative estimate of drug-likeness (QED) is 0.562. The van der Waals surface area contributed by atoms with Crippen molar-refractivity contribution in [3.8, 4) is 11.5 Å². The predicted octanol–water partition coefficient (Wildman–Crippen LogP) is 2.28. The van der Waals surface area contributed by atoms with Gasteiger partial charge < -0.3 is 8.94 Å². The SMILES string of the molecule is Cc1noc(-c2cccc(NS(=O)(=O)c3ccc4[nH]c(=O)oc4c3)c2)n1. The van der Waals surface area contributed by atoms with E-state index in [-0.39, 0.29) is 10.5 Å². The minimum absolute atomic E-state index is 0.0354. The summed E-state index contributed by atoms with van der Waals surface area (Å²) in [5.41, 5.74) is 1.49. The highest BCUT2D eigenvalue weighted by Gasteiger charge is 2.17. The molecule has 0 aliphatic heterocycles. The van der Waals surface area contributed by atoms with Gasteiger partial charge in [0.15, 0.2) is 11.4 Å². The number of benzene rings is 2. The lowest BCUT2D eigenvalue weighted by Gasteiger charge is -2.08. The van der Waals surface area contributed by atoms with E-state index in [9.17, 15) is 13.2 Å². The van der Waals surface area contributed by atoms with Crippen LogP contribution in [0.4, 0.5) is 5.69 Å². The summed E-state index contributed by atoms with van der Waals surface area (Å²) in [6.45, 7) is 1.69. The number of H-pyrrole nitrogens is 1. The maximum Gasteiger partial charge on any atom is 0.417 e. The third kappa shape index (κ3) is 2.97. The van der Waals surface area contributed by atoms with Crippen LogP contribution in [0.5, 0.6) is 0 Å². The van der Waals surface area contributed by atoms with Crippen LogP contribution in [0.15, 0.2) is 61.1 Å². The Bertz CT molecular complexity index is 1270. The van der Waals surface area contributed by atoms with Gasteiger partial charge in [0.2, 0.25) is 0 Å². The van der Waals surface area contributed by atoms with Gasteiger partial charge in [-0.15, -0.1) is 0 Å². The van der Waals surface area contributed by atoms with Gasteiger partial charge in [-0.3, -0.25) is 9.71 Å². The molecule has 0 aliphatic carbocycles. The Morgan fingerprint density at radius 3 is 2.77 bits per heavy atom. The van der Waals surface area contributed by atoms with Crippen molar-refractivity contribution < 1.29 is 17.4 Å². The van der Waals surface area contributed by atoms with Gasteiger partial charge in [-0.05, 0) is 37.3 Å². The van der Waals surface area contributed by atoms with E-state index < -0.39 is 15.8 Å². The van der Waals surface area contributed by atoms with Crippen LogP contribution >= 0.6 is 0 Å². The van der Waals surface area contributed by atoms with Crippen LogP contribution in [0.2, 0.25) is 0 Å². The maximum absolute atomic E-state index is 12.6. The van der Waals surface area contributed by atoms with Gasteiger partial charge in [0.05, 0.1) is 10.4 Å². The Labute approximate surface area is 146 Å². The van der Waals surface area contributed by atoms with Crippen LogP contribution in [0.25, 0.3) is 22.6 Å². The number of oxazole rings is 1. The Hall–Kier alpha value is -3.40. The van der Waals surface area contributed by atoms with Gasteiger partial charge in [-0.25, -0.2) is 13.2 Å². The molecule has 0 aliphatic rings. The van der Waals surface area contributed by atoms with E-state index in [1.54, 1.807) is 31.2 Å². The summed E-state index contributed by atoms with van der Waals surface area (Å²) < 4.78 is 37.7. The number of hydrogen-bond donors (Lipinski definition) is 2. The van der Waals surface area contributed by atoms with Gasteiger partial charge in [0, 0.05) is 17.3 Å². The summed E-state index contributed by atoms with van der Waals surface area (Å²) in [5.74, 6) is 0.122. The first-order valence-corrected chi connectivity index (χ1v) is 8.95. The third-order valence-electron chi connectivity index (χ3n) is 3.59. The molecule has 4 aromatic rings. The number of aromatic amines is 1. The number of rotatable bonds is 4. The zero-order valence-electron chi connectivity index (χ0n) is 13.4. The summed E-state index contributed by atoms with van der Waals surface area (Å²) in [5, 5.41) is 3.71. The van der Waals surface area contributed by atoms with Crippen molar-refractivity contribution in [2.45, 2.75) is 11.8 Å². The topological polar surface area (TPSA) is 131 Å². The Kier molecular flexibility index (Phi) is 3.62. The van der Waals surface area contributed by atoms with E-state index in [1.165, 1.54) is 18.2 Å². The van der Waals surface area contributed by atoms with Crippen molar-refractivity contribution >= 4 is 26.8 Å². The molecule has 2 heterocycles. The van der Waals surface area contributed by atoms with Gasteiger partial charge in [0.1, 0.15) is 0 Å². The zero-order valence-corrected chi connectivity index (χ0v) is 14.2. The molecule has 0 saturated heterocycles. The fraction of sp³-hybridized carbons (Fsp3) is 0.0625. The van der Waals surface area contributed by atoms with Gasteiger partial charge in [-0.1, -0.05) is 11.2 Å². The molecule has 0 fully saturated rings. The molecule has 10 heteroatoms. The number of nitrogens with zero attached hydrogens (tertiary/aromatic N) is 2. The minimum atomic E-state index is -3.88. The molecule has 0 amide bonds. The first-order chi connectivity index (χ1) is 12.4. The molecule has 0 spiro atoms. The molecule has 0 saturated carbocycles. The van der Waals surface area contributed by atoms with Crippen LogP contribution in [0.1, 0.15) is 5.82 Å². The van der Waals surface area contributed by atoms with E-state index in [1.807, 2.05) is 0 Å².